The van der Waals surface area contributed by atoms with Gasteiger partial charge in [0.05, 0.1) is 7.11 Å². The molecule has 1 aliphatic heterocycles. The molecule has 1 saturated heterocycles. The Labute approximate surface area is 162 Å². The van der Waals surface area contributed by atoms with E-state index in [1.165, 1.54) is 7.11 Å². The third kappa shape index (κ3) is 4.71. The second kappa shape index (κ2) is 9.07. The van der Waals surface area contributed by atoms with Crippen molar-refractivity contribution in [1.29, 1.82) is 0 Å². The Balaban J connectivity index is 2.11. The molecule has 0 spiro atoms. The summed E-state index contributed by atoms with van der Waals surface area (Å²) in [6, 6.07) is 9.66. The third-order valence-corrected chi connectivity index (χ3v) is 5.91. The van der Waals surface area contributed by atoms with Gasteiger partial charge in [0.15, 0.2) is 0 Å². The van der Waals surface area contributed by atoms with E-state index < -0.39 is 0 Å². The fraction of sp³-hybridized carbons (Fsp3) is 0.545. The summed E-state index contributed by atoms with van der Waals surface area (Å²) < 4.78 is 10.5. The fourth-order valence-electron chi connectivity index (χ4n) is 3.86. The van der Waals surface area contributed by atoms with Crippen LogP contribution in [0.3, 0.4) is 0 Å². The maximum Gasteiger partial charge on any atom is 0.410 e. The van der Waals surface area contributed by atoms with Gasteiger partial charge >= 0.3 is 12.1 Å². The molecular weight excluding hydrogens is 342 g/mol. The van der Waals surface area contributed by atoms with Crippen molar-refractivity contribution in [3.05, 3.63) is 47.5 Å². The first-order chi connectivity index (χ1) is 12.8. The zero-order chi connectivity index (χ0) is 20.0. The van der Waals surface area contributed by atoms with E-state index in [-0.39, 0.29) is 35.9 Å². The van der Waals surface area contributed by atoms with Crippen LogP contribution in [-0.4, -0.2) is 37.2 Å². The average molecular weight is 373 g/mol. The zero-order valence-electron chi connectivity index (χ0n) is 17.0. The highest BCUT2D eigenvalue weighted by Gasteiger charge is 2.46. The Morgan fingerprint density at radius 1 is 1.30 bits per heavy atom. The summed E-state index contributed by atoms with van der Waals surface area (Å²) in [4.78, 5) is 26.6. The van der Waals surface area contributed by atoms with Crippen LogP contribution in [0.15, 0.2) is 42.0 Å². The number of hydrogen-bond donors (Lipinski definition) is 0. The number of likely N-dealkylation sites (tertiary alicyclic amines) is 1. The number of allylic oxidation sites excluding steroid dienone is 1. The molecule has 27 heavy (non-hydrogen) atoms. The van der Waals surface area contributed by atoms with E-state index in [1.807, 2.05) is 43.3 Å². The third-order valence-electron chi connectivity index (χ3n) is 5.91. The molecule has 0 N–H and O–H groups in total. The lowest BCUT2D eigenvalue weighted by atomic mass is 9.63. The Morgan fingerprint density at radius 2 is 1.96 bits per heavy atom. The fourth-order valence-corrected chi connectivity index (χ4v) is 3.86. The van der Waals surface area contributed by atoms with Crippen molar-refractivity contribution in [2.75, 3.05) is 20.2 Å². The van der Waals surface area contributed by atoms with E-state index >= 15 is 0 Å². The van der Waals surface area contributed by atoms with E-state index in [0.29, 0.717) is 25.1 Å². The minimum absolute atomic E-state index is 0.0492. The molecule has 0 bridgehead atoms. The minimum atomic E-state index is -0.302. The number of methoxy groups -OCH3 is 1. The van der Waals surface area contributed by atoms with E-state index in [0.717, 1.165) is 5.56 Å². The highest BCUT2D eigenvalue weighted by Crippen LogP contribution is 2.45. The number of carbonyl (C=O) groups is 2. The Kier molecular flexibility index (Phi) is 7.05. The predicted octanol–water partition coefficient (Wildman–Crippen LogP) is 4.43. The zero-order valence-corrected chi connectivity index (χ0v) is 17.0. The number of piperidine rings is 1. The van der Waals surface area contributed by atoms with Crippen molar-refractivity contribution in [2.45, 2.75) is 40.7 Å². The van der Waals surface area contributed by atoms with Crippen LogP contribution in [0.5, 0.6) is 0 Å². The molecule has 1 heterocycles. The van der Waals surface area contributed by atoms with Crippen LogP contribution in [0.4, 0.5) is 4.79 Å². The quantitative estimate of drug-likeness (QED) is 0.566. The van der Waals surface area contributed by atoms with E-state index in [2.05, 4.69) is 20.8 Å². The average Bonchev–Trinajstić information content (AvgIpc) is 2.68. The summed E-state index contributed by atoms with van der Waals surface area (Å²) in [7, 11) is 1.41. The lowest BCUT2D eigenvalue weighted by Gasteiger charge is -2.48. The van der Waals surface area contributed by atoms with Gasteiger partial charge in [0.25, 0.3) is 0 Å². The molecule has 5 heteroatoms. The molecule has 2 atom stereocenters. The maximum atomic E-state index is 12.6. The molecule has 0 saturated carbocycles. The second-order valence-corrected chi connectivity index (χ2v) is 7.70. The lowest BCUT2D eigenvalue weighted by Crippen LogP contribution is -2.53. The standard InChI is InChI=1S/C22H31NO4/c1-6-18(20(24)26-5)19-12-13-23(15-22(19,4)16(2)3)21(25)27-14-17-10-8-7-9-11-17/h6-11,16,19H,12-15H2,1-5H3/b18-6+/t19-,22?/m1/s1. The van der Waals surface area contributed by atoms with E-state index in [9.17, 15) is 9.59 Å². The molecule has 1 aromatic carbocycles. The monoisotopic (exact) mass is 373 g/mol. The molecule has 0 radical (unpaired) electrons. The number of carbonyl (C=O) groups excluding carboxylic acids is 2. The number of nitrogens with zero attached hydrogens (tertiary/aromatic N) is 1. The van der Waals surface area contributed by atoms with Crippen LogP contribution in [0.1, 0.15) is 39.7 Å². The smallest absolute Gasteiger partial charge is 0.410 e. The van der Waals surface area contributed by atoms with Gasteiger partial charge in [0.1, 0.15) is 6.61 Å². The molecule has 5 nitrogen and oxygen atoms in total. The Hall–Kier alpha value is -2.30. The summed E-state index contributed by atoms with van der Waals surface area (Å²) in [5, 5.41) is 0. The number of ether oxygens (including phenoxy) is 2. The van der Waals surface area contributed by atoms with Gasteiger partial charge < -0.3 is 14.4 Å². The molecule has 148 valence electrons. The Morgan fingerprint density at radius 3 is 2.52 bits per heavy atom. The van der Waals surface area contributed by atoms with Crippen molar-refractivity contribution >= 4 is 12.1 Å². The van der Waals surface area contributed by atoms with Crippen LogP contribution in [0.2, 0.25) is 0 Å². The molecule has 1 unspecified atom stereocenters. The van der Waals surface area contributed by atoms with Gasteiger partial charge in [0.2, 0.25) is 0 Å². The molecule has 1 aliphatic rings. The lowest BCUT2D eigenvalue weighted by molar-refractivity contribution is -0.138. The second-order valence-electron chi connectivity index (χ2n) is 7.70. The minimum Gasteiger partial charge on any atom is -0.466 e. The first-order valence-electron chi connectivity index (χ1n) is 9.53. The van der Waals surface area contributed by atoms with Gasteiger partial charge in [-0.2, -0.15) is 0 Å². The van der Waals surface area contributed by atoms with Crippen molar-refractivity contribution < 1.29 is 19.1 Å². The summed E-state index contributed by atoms with van der Waals surface area (Å²) in [5.74, 6) is 0.0504. The predicted molar refractivity (Wildman–Crippen MR) is 105 cm³/mol. The van der Waals surface area contributed by atoms with Crippen LogP contribution in [-0.2, 0) is 20.9 Å². The number of amides is 1. The summed E-state index contributed by atoms with van der Waals surface area (Å²) >= 11 is 0. The SMILES string of the molecule is C/C=C(/C(=O)OC)[C@H]1CCN(C(=O)OCc2ccccc2)CC1(C)C(C)C. The van der Waals surface area contributed by atoms with Gasteiger partial charge in [-0.15, -0.1) is 0 Å². The van der Waals surface area contributed by atoms with Crippen LogP contribution in [0.25, 0.3) is 0 Å². The number of esters is 1. The molecular formula is C22H31NO4. The van der Waals surface area contributed by atoms with Gasteiger partial charge in [-0.3, -0.25) is 0 Å². The van der Waals surface area contributed by atoms with Crippen LogP contribution < -0.4 is 0 Å². The first-order valence-corrected chi connectivity index (χ1v) is 9.53. The van der Waals surface area contributed by atoms with Crippen LogP contribution in [0, 0.1) is 17.3 Å². The maximum absolute atomic E-state index is 12.6. The largest absolute Gasteiger partial charge is 0.466 e. The summed E-state index contributed by atoms with van der Waals surface area (Å²) in [6.07, 6.45) is 2.26. The molecule has 0 aromatic heterocycles. The van der Waals surface area contributed by atoms with Gasteiger partial charge in [-0.05, 0) is 36.2 Å². The number of rotatable bonds is 5. The Bertz CT molecular complexity index is 683. The first kappa shape index (κ1) is 21.0. The molecule has 1 fully saturated rings. The van der Waals surface area contributed by atoms with Gasteiger partial charge in [-0.25, -0.2) is 9.59 Å². The summed E-state index contributed by atoms with van der Waals surface area (Å²) in [5.41, 5.74) is 1.43. The highest BCUT2D eigenvalue weighted by molar-refractivity contribution is 5.89. The van der Waals surface area contributed by atoms with Gasteiger partial charge in [0, 0.05) is 18.7 Å². The molecule has 1 amide bonds. The molecule has 0 aliphatic carbocycles. The van der Waals surface area contributed by atoms with E-state index in [1.54, 1.807) is 4.90 Å². The van der Waals surface area contributed by atoms with Crippen molar-refractivity contribution in [1.82, 2.24) is 4.90 Å². The van der Waals surface area contributed by atoms with Crippen molar-refractivity contribution in [3.63, 3.8) is 0 Å². The number of benzene rings is 1. The van der Waals surface area contributed by atoms with E-state index in [4.69, 9.17) is 9.47 Å². The normalized spacial score (nSPS) is 23.3. The van der Waals surface area contributed by atoms with Crippen LogP contribution >= 0.6 is 0 Å². The van der Waals surface area contributed by atoms with Crippen molar-refractivity contribution in [3.8, 4) is 0 Å². The molecule has 2 rings (SSSR count). The highest BCUT2D eigenvalue weighted by atomic mass is 16.6. The summed E-state index contributed by atoms with van der Waals surface area (Å²) in [6.45, 7) is 9.66. The number of hydrogen-bond acceptors (Lipinski definition) is 4. The van der Waals surface area contributed by atoms with Gasteiger partial charge in [-0.1, -0.05) is 57.2 Å². The molecule has 1 aromatic rings. The topological polar surface area (TPSA) is 55.8 Å². The van der Waals surface area contributed by atoms with Crippen molar-refractivity contribution in [2.24, 2.45) is 17.3 Å².